The predicted octanol–water partition coefficient (Wildman–Crippen LogP) is 0.879. The topological polar surface area (TPSA) is 17.1 Å². The fourth-order valence-electron chi connectivity index (χ4n) is 1.14. The van der Waals surface area contributed by atoms with E-state index >= 15 is 0 Å². The maximum absolute atomic E-state index is 12.1. The monoisotopic (exact) mass is 178 g/mol. The quantitative estimate of drug-likeness (QED) is 0.545. The summed E-state index contributed by atoms with van der Waals surface area (Å²) in [6.07, 6.45) is 2.58. The second-order valence-electron chi connectivity index (χ2n) is 2.54. The smallest absolute Gasteiger partial charge is 0.243 e. The van der Waals surface area contributed by atoms with Crippen molar-refractivity contribution in [2.24, 2.45) is 11.8 Å². The molecule has 1 fully saturated rings. The highest BCUT2D eigenvalue weighted by Crippen LogP contribution is 2.27. The lowest BCUT2D eigenvalue weighted by molar-refractivity contribution is 0.0774. The minimum absolute atomic E-state index is 0.0620. The van der Waals surface area contributed by atoms with E-state index in [1.54, 1.807) is 0 Å². The van der Waals surface area contributed by atoms with Gasteiger partial charge in [0.15, 0.2) is 0 Å². The third kappa shape index (κ3) is 1.78. The number of terminal acetylenes is 1. The number of alkyl halides is 2. The van der Waals surface area contributed by atoms with Gasteiger partial charge in [-0.25, -0.2) is 8.78 Å². The lowest BCUT2D eigenvalue weighted by Crippen LogP contribution is -2.18. The number of halogens is 2. The van der Waals surface area contributed by atoms with Gasteiger partial charge in [-0.1, -0.05) is 0 Å². The van der Waals surface area contributed by atoms with E-state index in [0.717, 1.165) is 0 Å². The molecule has 0 N–H and O–H groups in total. The molecule has 3 atom stereocenters. The molecule has 62 valence electrons. The highest BCUT2D eigenvalue weighted by molar-refractivity contribution is 7.85. The highest BCUT2D eigenvalue weighted by atomic mass is 32.2. The zero-order chi connectivity index (χ0) is 8.43. The number of hydrogen-bond acceptors (Lipinski definition) is 1. The molecule has 0 aromatic rings. The number of hydrogen-bond donors (Lipinski definition) is 0. The Morgan fingerprint density at radius 2 is 2.18 bits per heavy atom. The summed E-state index contributed by atoms with van der Waals surface area (Å²) in [7, 11) is -1.13. The lowest BCUT2D eigenvalue weighted by atomic mass is 9.98. The minimum atomic E-state index is -2.43. The normalized spacial score (nSPS) is 37.5. The van der Waals surface area contributed by atoms with Crippen LogP contribution in [0, 0.1) is 24.2 Å². The predicted molar refractivity (Wildman–Crippen MR) is 39.7 cm³/mol. The Hall–Kier alpha value is -0.430. The molecule has 0 spiro atoms. The van der Waals surface area contributed by atoms with Gasteiger partial charge >= 0.3 is 0 Å². The van der Waals surface area contributed by atoms with Gasteiger partial charge in [-0.2, -0.15) is 0 Å². The van der Waals surface area contributed by atoms with Gasteiger partial charge in [0.05, 0.1) is 0 Å². The van der Waals surface area contributed by atoms with Crippen LogP contribution in [0.15, 0.2) is 0 Å². The van der Waals surface area contributed by atoms with E-state index in [2.05, 4.69) is 5.92 Å². The Morgan fingerprint density at radius 3 is 2.55 bits per heavy atom. The molecule has 0 aliphatic carbocycles. The van der Waals surface area contributed by atoms with Crippen LogP contribution >= 0.6 is 0 Å². The second kappa shape index (κ2) is 3.31. The molecular weight excluding hydrogens is 170 g/mol. The Morgan fingerprint density at radius 1 is 1.55 bits per heavy atom. The van der Waals surface area contributed by atoms with E-state index < -0.39 is 29.1 Å². The summed E-state index contributed by atoms with van der Waals surface area (Å²) in [4.78, 5) is 0. The van der Waals surface area contributed by atoms with Crippen molar-refractivity contribution in [2.75, 3.05) is 11.5 Å². The molecule has 0 bridgehead atoms. The van der Waals surface area contributed by atoms with Crippen LogP contribution in [0.1, 0.15) is 0 Å². The van der Waals surface area contributed by atoms with Crippen molar-refractivity contribution in [3.05, 3.63) is 0 Å². The summed E-state index contributed by atoms with van der Waals surface area (Å²) in [5, 5.41) is 0. The molecule has 4 heteroatoms. The van der Waals surface area contributed by atoms with Crippen LogP contribution in [0.2, 0.25) is 0 Å². The maximum atomic E-state index is 12.1. The third-order valence-electron chi connectivity index (χ3n) is 1.80. The van der Waals surface area contributed by atoms with Crippen LogP contribution in [0.3, 0.4) is 0 Å². The zero-order valence-corrected chi connectivity index (χ0v) is 6.61. The standard InChI is InChI=1S/C7H8F2OS/c1-2-5-3-11(10)4-6(5)7(8)9/h1,5-7H,3-4H2. The summed E-state index contributed by atoms with van der Waals surface area (Å²) in [6, 6.07) is 0. The van der Waals surface area contributed by atoms with Crippen molar-refractivity contribution in [3.8, 4) is 12.3 Å². The minimum Gasteiger partial charge on any atom is -0.260 e. The molecule has 0 saturated carbocycles. The van der Waals surface area contributed by atoms with E-state index in [4.69, 9.17) is 6.42 Å². The van der Waals surface area contributed by atoms with Gasteiger partial charge in [-0.3, -0.25) is 4.21 Å². The van der Waals surface area contributed by atoms with E-state index in [-0.39, 0.29) is 11.5 Å². The van der Waals surface area contributed by atoms with E-state index in [0.29, 0.717) is 0 Å². The average molecular weight is 178 g/mol. The highest BCUT2D eigenvalue weighted by Gasteiger charge is 2.37. The van der Waals surface area contributed by atoms with Crippen molar-refractivity contribution < 1.29 is 13.0 Å². The first-order valence-electron chi connectivity index (χ1n) is 3.24. The van der Waals surface area contributed by atoms with Gasteiger partial charge in [0, 0.05) is 34.1 Å². The molecule has 0 radical (unpaired) electrons. The molecule has 3 unspecified atom stereocenters. The molecule has 0 amide bonds. The lowest BCUT2D eigenvalue weighted by Gasteiger charge is -2.10. The van der Waals surface area contributed by atoms with Crippen molar-refractivity contribution in [1.29, 1.82) is 0 Å². The van der Waals surface area contributed by atoms with Crippen LogP contribution in [-0.4, -0.2) is 22.1 Å². The third-order valence-corrected chi connectivity index (χ3v) is 3.29. The van der Waals surface area contributed by atoms with Crippen LogP contribution in [0.4, 0.5) is 8.78 Å². The fraction of sp³-hybridized carbons (Fsp3) is 0.714. The Labute approximate surface area is 66.6 Å². The molecule has 1 heterocycles. The van der Waals surface area contributed by atoms with Gasteiger partial charge in [-0.05, 0) is 0 Å². The zero-order valence-electron chi connectivity index (χ0n) is 5.80. The first kappa shape index (κ1) is 8.66. The van der Waals surface area contributed by atoms with Crippen LogP contribution in [0.25, 0.3) is 0 Å². The van der Waals surface area contributed by atoms with Gasteiger partial charge in [0.2, 0.25) is 6.43 Å². The number of rotatable bonds is 1. The summed E-state index contributed by atoms with van der Waals surface area (Å²) in [6.45, 7) is 0. The van der Waals surface area contributed by atoms with Gasteiger partial charge in [-0.15, -0.1) is 12.3 Å². The first-order chi connectivity index (χ1) is 5.15. The van der Waals surface area contributed by atoms with E-state index in [9.17, 15) is 13.0 Å². The maximum Gasteiger partial charge on any atom is 0.243 e. The molecule has 1 aliphatic rings. The summed E-state index contributed by atoms with van der Waals surface area (Å²) in [5.41, 5.74) is 0. The Kier molecular flexibility index (Phi) is 2.61. The van der Waals surface area contributed by atoms with Crippen molar-refractivity contribution in [3.63, 3.8) is 0 Å². The molecule has 0 aromatic carbocycles. The largest absolute Gasteiger partial charge is 0.260 e. The molecule has 1 aliphatic heterocycles. The van der Waals surface area contributed by atoms with Crippen molar-refractivity contribution >= 4 is 10.8 Å². The fourth-order valence-corrected chi connectivity index (χ4v) is 2.83. The van der Waals surface area contributed by atoms with Gasteiger partial charge in [0.1, 0.15) is 0 Å². The summed E-state index contributed by atoms with van der Waals surface area (Å²) < 4.78 is 35.1. The molecular formula is C7H8F2OS. The second-order valence-corrected chi connectivity index (χ2v) is 4.09. The van der Waals surface area contributed by atoms with E-state index in [1.807, 2.05) is 0 Å². The van der Waals surface area contributed by atoms with Gasteiger partial charge < -0.3 is 0 Å². The average Bonchev–Trinajstić information content (AvgIpc) is 2.30. The molecule has 1 nitrogen and oxygen atoms in total. The van der Waals surface area contributed by atoms with Crippen molar-refractivity contribution in [1.82, 2.24) is 0 Å². The summed E-state index contributed by atoms with van der Waals surface area (Å²) in [5.74, 6) is 1.22. The Bertz CT molecular complexity index is 209. The van der Waals surface area contributed by atoms with Crippen LogP contribution < -0.4 is 0 Å². The Balaban J connectivity index is 2.66. The molecule has 11 heavy (non-hydrogen) atoms. The van der Waals surface area contributed by atoms with E-state index in [1.165, 1.54) is 0 Å². The van der Waals surface area contributed by atoms with Gasteiger partial charge in [0.25, 0.3) is 0 Å². The van der Waals surface area contributed by atoms with Crippen LogP contribution in [0.5, 0.6) is 0 Å². The van der Waals surface area contributed by atoms with Crippen LogP contribution in [-0.2, 0) is 10.8 Å². The van der Waals surface area contributed by atoms with Crippen molar-refractivity contribution in [2.45, 2.75) is 6.43 Å². The SMILES string of the molecule is C#CC1CS(=O)CC1C(F)F. The first-order valence-corrected chi connectivity index (χ1v) is 4.73. The molecule has 0 aromatic heterocycles. The summed E-state index contributed by atoms with van der Waals surface area (Å²) >= 11 is 0. The molecule has 1 saturated heterocycles. The molecule has 1 rings (SSSR count).